The number of amides is 1. The SMILES string of the molecule is CC1(CNC(=O)c2ccccc2)COC(c2nc(-c3ccc(F)cc3)c(-c3ccnc(NCCCN4CC=NC4)n3)[nH]2)OC1. The molecule has 0 unspecified atom stereocenters. The van der Waals surface area contributed by atoms with Crippen molar-refractivity contribution >= 4 is 18.1 Å². The zero-order valence-corrected chi connectivity index (χ0v) is 24.5. The molecule has 11 nitrogen and oxygen atoms in total. The number of imidazole rings is 1. The lowest BCUT2D eigenvalue weighted by Crippen LogP contribution is -2.45. The van der Waals surface area contributed by atoms with Gasteiger partial charge in [-0.2, -0.15) is 0 Å². The first-order chi connectivity index (χ1) is 21.5. The van der Waals surface area contributed by atoms with Crippen molar-refractivity contribution < 1.29 is 18.7 Å². The summed E-state index contributed by atoms with van der Waals surface area (Å²) in [5.74, 6) is 0.488. The van der Waals surface area contributed by atoms with E-state index in [1.807, 2.05) is 31.3 Å². The lowest BCUT2D eigenvalue weighted by molar-refractivity contribution is -0.231. The van der Waals surface area contributed by atoms with Crippen molar-refractivity contribution in [2.75, 3.05) is 51.4 Å². The fourth-order valence-electron chi connectivity index (χ4n) is 5.05. The summed E-state index contributed by atoms with van der Waals surface area (Å²) in [4.78, 5) is 36.3. The van der Waals surface area contributed by atoms with E-state index in [1.54, 1.807) is 36.5 Å². The summed E-state index contributed by atoms with van der Waals surface area (Å²) >= 11 is 0. The molecule has 44 heavy (non-hydrogen) atoms. The second-order valence-electron chi connectivity index (χ2n) is 11.3. The molecule has 2 aromatic carbocycles. The number of ether oxygens (including phenoxy) is 2. The van der Waals surface area contributed by atoms with Crippen molar-refractivity contribution in [3.63, 3.8) is 0 Å². The summed E-state index contributed by atoms with van der Waals surface area (Å²) in [5, 5.41) is 6.28. The van der Waals surface area contributed by atoms with Crippen molar-refractivity contribution in [2.24, 2.45) is 10.4 Å². The molecule has 0 aliphatic carbocycles. The number of carbonyl (C=O) groups is 1. The van der Waals surface area contributed by atoms with Crippen molar-refractivity contribution in [1.82, 2.24) is 30.2 Å². The largest absolute Gasteiger partial charge is 0.354 e. The Morgan fingerprint density at radius 1 is 1.09 bits per heavy atom. The Kier molecular flexibility index (Phi) is 9.01. The van der Waals surface area contributed by atoms with Gasteiger partial charge in [0.05, 0.1) is 37.0 Å². The zero-order chi connectivity index (χ0) is 30.4. The van der Waals surface area contributed by atoms with Gasteiger partial charge in [0.15, 0.2) is 5.82 Å². The van der Waals surface area contributed by atoms with Crippen LogP contribution in [-0.2, 0) is 9.47 Å². The number of rotatable bonds is 11. The highest BCUT2D eigenvalue weighted by atomic mass is 19.1. The third kappa shape index (κ3) is 7.16. The van der Waals surface area contributed by atoms with E-state index in [1.165, 1.54) is 12.1 Å². The van der Waals surface area contributed by atoms with Gasteiger partial charge in [0.1, 0.15) is 5.82 Å². The molecule has 0 saturated carbocycles. The van der Waals surface area contributed by atoms with Gasteiger partial charge in [0.2, 0.25) is 12.2 Å². The van der Waals surface area contributed by atoms with E-state index in [0.29, 0.717) is 66.3 Å². The molecule has 228 valence electrons. The smallest absolute Gasteiger partial charge is 0.251 e. The fraction of sp³-hybridized carbons (Fsp3) is 0.344. The van der Waals surface area contributed by atoms with Crippen molar-refractivity contribution in [1.29, 1.82) is 0 Å². The second kappa shape index (κ2) is 13.4. The number of hydrogen-bond acceptors (Lipinski definition) is 9. The van der Waals surface area contributed by atoms with Gasteiger partial charge in [0.25, 0.3) is 5.91 Å². The Hall–Kier alpha value is -4.52. The zero-order valence-electron chi connectivity index (χ0n) is 24.5. The molecule has 3 N–H and O–H groups in total. The van der Waals surface area contributed by atoms with Crippen LogP contribution in [0.25, 0.3) is 22.6 Å². The highest BCUT2D eigenvalue weighted by Crippen LogP contribution is 2.35. The number of benzene rings is 2. The molecule has 0 spiro atoms. The maximum atomic E-state index is 13.8. The number of carbonyl (C=O) groups excluding carboxylic acids is 1. The third-order valence-electron chi connectivity index (χ3n) is 7.54. The number of aliphatic imine (C=N–C) groups is 1. The Morgan fingerprint density at radius 3 is 2.64 bits per heavy atom. The summed E-state index contributed by atoms with van der Waals surface area (Å²) < 4.78 is 26.0. The molecule has 12 heteroatoms. The number of nitrogens with zero attached hydrogens (tertiary/aromatic N) is 5. The average Bonchev–Trinajstić information content (AvgIpc) is 3.74. The minimum absolute atomic E-state index is 0.145. The van der Waals surface area contributed by atoms with E-state index in [-0.39, 0.29) is 11.7 Å². The van der Waals surface area contributed by atoms with E-state index in [2.05, 4.69) is 30.5 Å². The van der Waals surface area contributed by atoms with Crippen LogP contribution in [0.3, 0.4) is 0 Å². The molecule has 2 aliphatic rings. The second-order valence-corrected chi connectivity index (χ2v) is 11.3. The first kappa shape index (κ1) is 29.5. The van der Waals surface area contributed by atoms with E-state index < -0.39 is 11.7 Å². The first-order valence-corrected chi connectivity index (χ1v) is 14.7. The molecule has 1 fully saturated rings. The van der Waals surface area contributed by atoms with Crippen LogP contribution >= 0.6 is 0 Å². The van der Waals surface area contributed by atoms with Crippen LogP contribution in [0.1, 0.15) is 35.8 Å². The van der Waals surface area contributed by atoms with Crippen LogP contribution in [0.15, 0.2) is 71.9 Å². The number of halogens is 1. The lowest BCUT2D eigenvalue weighted by atomic mass is 9.92. The molecule has 2 aromatic heterocycles. The van der Waals surface area contributed by atoms with Gasteiger partial charge in [-0.3, -0.25) is 14.7 Å². The Morgan fingerprint density at radius 2 is 1.89 bits per heavy atom. The predicted molar refractivity (Wildman–Crippen MR) is 165 cm³/mol. The summed E-state index contributed by atoms with van der Waals surface area (Å²) in [6.07, 6.45) is 3.80. The van der Waals surface area contributed by atoms with Gasteiger partial charge >= 0.3 is 0 Å². The Balaban J connectivity index is 1.15. The molecule has 4 aromatic rings. The van der Waals surface area contributed by atoms with Gasteiger partial charge in [-0.25, -0.2) is 19.3 Å². The summed E-state index contributed by atoms with van der Waals surface area (Å²) in [5.41, 5.74) is 2.75. The first-order valence-electron chi connectivity index (χ1n) is 14.7. The van der Waals surface area contributed by atoms with Crippen molar-refractivity contribution in [3.8, 4) is 22.6 Å². The molecule has 0 bridgehead atoms. The van der Waals surface area contributed by atoms with Gasteiger partial charge in [-0.15, -0.1) is 0 Å². The summed E-state index contributed by atoms with van der Waals surface area (Å²) in [7, 11) is 0. The molecular weight excluding hydrogens is 563 g/mol. The van der Waals surface area contributed by atoms with Gasteiger partial charge in [-0.05, 0) is 48.9 Å². The van der Waals surface area contributed by atoms with Crippen LogP contribution in [0.2, 0.25) is 0 Å². The van der Waals surface area contributed by atoms with Crippen molar-refractivity contribution in [2.45, 2.75) is 19.6 Å². The maximum absolute atomic E-state index is 13.8. The minimum Gasteiger partial charge on any atom is -0.354 e. The Labute approximate surface area is 255 Å². The number of hydrogen-bond donors (Lipinski definition) is 3. The van der Waals surface area contributed by atoms with Crippen LogP contribution < -0.4 is 10.6 Å². The van der Waals surface area contributed by atoms with Gasteiger partial charge < -0.3 is 25.1 Å². The number of anilines is 1. The number of H-pyrrole nitrogens is 1. The molecule has 1 saturated heterocycles. The highest BCUT2D eigenvalue weighted by Gasteiger charge is 2.35. The molecular formula is C32H35FN8O3. The number of nitrogens with one attached hydrogen (secondary N) is 3. The van der Waals surface area contributed by atoms with E-state index >= 15 is 0 Å². The molecule has 6 rings (SSSR count). The molecule has 1 amide bonds. The van der Waals surface area contributed by atoms with Crippen LogP contribution in [0.5, 0.6) is 0 Å². The van der Waals surface area contributed by atoms with E-state index in [4.69, 9.17) is 19.4 Å². The molecule has 4 heterocycles. The highest BCUT2D eigenvalue weighted by molar-refractivity contribution is 5.94. The predicted octanol–water partition coefficient (Wildman–Crippen LogP) is 4.30. The minimum atomic E-state index is -0.755. The van der Waals surface area contributed by atoms with E-state index in [0.717, 1.165) is 26.2 Å². The van der Waals surface area contributed by atoms with Gasteiger partial charge in [0, 0.05) is 55.1 Å². The Bertz CT molecular complexity index is 1580. The monoisotopic (exact) mass is 598 g/mol. The number of aromatic nitrogens is 4. The topological polar surface area (TPSA) is 130 Å². The fourth-order valence-corrected chi connectivity index (χ4v) is 5.05. The van der Waals surface area contributed by atoms with Crippen molar-refractivity contribution in [3.05, 3.63) is 84.1 Å². The standard InChI is InChI=1S/C32H35FN8O3/c1-32(18-37-29(42)23-6-3-2-4-7-23)19-43-30(44-20-32)28-39-26(22-8-10-24(33)11-9-22)27(40-28)25-12-14-36-31(38-25)35-13-5-16-41-17-15-34-21-41/h2-4,6-12,14-15,30H,5,13,16-21H2,1H3,(H,37,42)(H,39,40)(H,35,36,38). The number of aromatic amines is 1. The average molecular weight is 599 g/mol. The van der Waals surface area contributed by atoms with Crippen LogP contribution in [0, 0.1) is 11.2 Å². The maximum Gasteiger partial charge on any atom is 0.251 e. The van der Waals surface area contributed by atoms with Crippen LogP contribution in [-0.4, -0.2) is 83.0 Å². The quantitative estimate of drug-likeness (QED) is 0.218. The summed E-state index contributed by atoms with van der Waals surface area (Å²) in [6.45, 7) is 6.37. The van der Waals surface area contributed by atoms with Gasteiger partial charge in [-0.1, -0.05) is 25.1 Å². The normalized spacial score (nSPS) is 20.1. The molecule has 0 radical (unpaired) electrons. The molecule has 0 atom stereocenters. The van der Waals surface area contributed by atoms with Crippen LogP contribution in [0.4, 0.5) is 10.3 Å². The summed E-state index contributed by atoms with van der Waals surface area (Å²) in [6, 6.07) is 17.0. The lowest BCUT2D eigenvalue weighted by Gasteiger charge is -2.36. The van der Waals surface area contributed by atoms with E-state index in [9.17, 15) is 9.18 Å². The third-order valence-corrected chi connectivity index (χ3v) is 7.54. The molecule has 2 aliphatic heterocycles.